The van der Waals surface area contributed by atoms with Gasteiger partial charge in [-0.1, -0.05) is 17.3 Å². The van der Waals surface area contributed by atoms with E-state index in [9.17, 15) is 9.90 Å². The van der Waals surface area contributed by atoms with E-state index in [1.165, 1.54) is 12.3 Å². The molecule has 0 saturated heterocycles. The molecule has 0 saturated carbocycles. The summed E-state index contributed by atoms with van der Waals surface area (Å²) in [5, 5.41) is 16.4. The number of phenols is 1. The maximum absolute atomic E-state index is 12.0. The van der Waals surface area contributed by atoms with Crippen molar-refractivity contribution >= 4 is 5.91 Å². The number of carbonyl (C=O) groups excluding carboxylic acids is 1. The molecule has 19 heavy (non-hydrogen) atoms. The predicted molar refractivity (Wildman–Crippen MR) is 67.8 cm³/mol. The Morgan fingerprint density at radius 2 is 2.32 bits per heavy atom. The topological polar surface area (TPSA) is 75.4 Å². The van der Waals surface area contributed by atoms with Crippen molar-refractivity contribution in [2.75, 3.05) is 0 Å². The number of aromatic hydroxyl groups is 1. The number of phenolic OH excluding ortho intramolecular Hbond substituents is 1. The molecule has 1 aliphatic rings. The zero-order chi connectivity index (χ0) is 13.2. The van der Waals surface area contributed by atoms with Gasteiger partial charge in [0.1, 0.15) is 12.0 Å². The van der Waals surface area contributed by atoms with Gasteiger partial charge in [-0.25, -0.2) is 0 Å². The Kier molecular flexibility index (Phi) is 2.95. The first-order valence-corrected chi connectivity index (χ1v) is 6.27. The molecule has 1 heterocycles. The van der Waals surface area contributed by atoms with Crippen molar-refractivity contribution in [3.8, 4) is 5.75 Å². The van der Waals surface area contributed by atoms with Gasteiger partial charge in [0.2, 0.25) is 0 Å². The lowest BCUT2D eigenvalue weighted by atomic mass is 9.87. The monoisotopic (exact) mass is 258 g/mol. The zero-order valence-corrected chi connectivity index (χ0v) is 10.3. The van der Waals surface area contributed by atoms with Crippen LogP contribution in [-0.4, -0.2) is 16.2 Å². The molecular weight excluding hydrogens is 244 g/mol. The highest BCUT2D eigenvalue weighted by molar-refractivity contribution is 5.92. The molecule has 1 amide bonds. The van der Waals surface area contributed by atoms with Crippen molar-refractivity contribution < 1.29 is 14.4 Å². The van der Waals surface area contributed by atoms with Gasteiger partial charge in [0, 0.05) is 6.07 Å². The van der Waals surface area contributed by atoms with Crippen LogP contribution in [0.25, 0.3) is 0 Å². The fourth-order valence-electron chi connectivity index (χ4n) is 2.54. The highest BCUT2D eigenvalue weighted by atomic mass is 16.5. The van der Waals surface area contributed by atoms with Crippen LogP contribution in [0.5, 0.6) is 5.75 Å². The fraction of sp³-hybridized carbons (Fsp3) is 0.286. The first-order chi connectivity index (χ1) is 9.25. The molecule has 1 aromatic heterocycles. The highest BCUT2D eigenvalue weighted by Gasteiger charge is 2.24. The lowest BCUT2D eigenvalue weighted by Crippen LogP contribution is -2.31. The number of hydrogen-bond donors (Lipinski definition) is 2. The second kappa shape index (κ2) is 4.76. The highest BCUT2D eigenvalue weighted by Crippen LogP contribution is 2.34. The summed E-state index contributed by atoms with van der Waals surface area (Å²) in [5.74, 6) is 0.0489. The average molecular weight is 258 g/mol. The Hall–Kier alpha value is -2.30. The molecule has 1 aromatic carbocycles. The van der Waals surface area contributed by atoms with Crippen LogP contribution in [0.1, 0.15) is 40.5 Å². The Bertz CT molecular complexity index is 593. The van der Waals surface area contributed by atoms with E-state index in [2.05, 4.69) is 15.0 Å². The lowest BCUT2D eigenvalue weighted by molar-refractivity contribution is 0.0923. The second-order valence-corrected chi connectivity index (χ2v) is 4.65. The largest absolute Gasteiger partial charge is 0.508 e. The third kappa shape index (κ3) is 2.19. The molecule has 0 spiro atoms. The molecule has 2 N–H and O–H groups in total. The molecule has 2 aromatic rings. The summed E-state index contributed by atoms with van der Waals surface area (Å²) in [5.41, 5.74) is 2.19. The number of nitrogens with one attached hydrogen (secondary N) is 1. The van der Waals surface area contributed by atoms with Gasteiger partial charge in [0.05, 0.1) is 6.04 Å². The summed E-state index contributed by atoms with van der Waals surface area (Å²) in [6, 6.07) is 6.87. The van der Waals surface area contributed by atoms with Gasteiger partial charge < -0.3 is 14.9 Å². The van der Waals surface area contributed by atoms with E-state index in [1.807, 2.05) is 6.07 Å². The molecule has 0 aliphatic heterocycles. The predicted octanol–water partition coefficient (Wildman–Crippen LogP) is 2.19. The fourth-order valence-corrected chi connectivity index (χ4v) is 2.54. The number of fused-ring (bicyclic) bond motifs is 1. The van der Waals surface area contributed by atoms with Crippen LogP contribution in [0.2, 0.25) is 0 Å². The van der Waals surface area contributed by atoms with E-state index in [0.717, 1.165) is 30.4 Å². The molecule has 0 bridgehead atoms. The normalized spacial score (nSPS) is 17.8. The minimum Gasteiger partial charge on any atom is -0.508 e. The van der Waals surface area contributed by atoms with Crippen molar-refractivity contribution in [2.45, 2.75) is 25.3 Å². The van der Waals surface area contributed by atoms with E-state index in [0.29, 0.717) is 5.75 Å². The van der Waals surface area contributed by atoms with Crippen molar-refractivity contribution in [3.05, 3.63) is 47.3 Å². The molecule has 5 heteroatoms. The van der Waals surface area contributed by atoms with E-state index in [-0.39, 0.29) is 17.6 Å². The van der Waals surface area contributed by atoms with E-state index < -0.39 is 0 Å². The van der Waals surface area contributed by atoms with E-state index in [4.69, 9.17) is 0 Å². The molecular formula is C14H14N2O3. The summed E-state index contributed by atoms with van der Waals surface area (Å²) < 4.78 is 4.66. The molecule has 1 aliphatic carbocycles. The van der Waals surface area contributed by atoms with Crippen LogP contribution < -0.4 is 5.32 Å². The standard InChI is InChI=1S/C14H14N2O3/c17-13-6-2-3-9-10(13)4-1-5-11(9)15-14(18)12-7-8-19-16-12/h2-3,6-8,11,17H,1,4-5H2,(H,15,18)/t11-/m1/s1. The Morgan fingerprint density at radius 3 is 3.11 bits per heavy atom. The van der Waals surface area contributed by atoms with Gasteiger partial charge in [-0.15, -0.1) is 0 Å². The summed E-state index contributed by atoms with van der Waals surface area (Å²) in [6.07, 6.45) is 4.02. The Balaban J connectivity index is 1.84. The third-order valence-corrected chi connectivity index (χ3v) is 3.46. The molecule has 0 unspecified atom stereocenters. The van der Waals surface area contributed by atoms with Gasteiger partial charge in [-0.3, -0.25) is 4.79 Å². The molecule has 1 atom stereocenters. The van der Waals surface area contributed by atoms with Gasteiger partial charge >= 0.3 is 0 Å². The number of aromatic nitrogens is 1. The average Bonchev–Trinajstić information content (AvgIpc) is 2.94. The maximum Gasteiger partial charge on any atom is 0.273 e. The number of carbonyl (C=O) groups is 1. The van der Waals surface area contributed by atoms with Gasteiger partial charge in [-0.2, -0.15) is 0 Å². The van der Waals surface area contributed by atoms with E-state index >= 15 is 0 Å². The van der Waals surface area contributed by atoms with Crippen LogP contribution in [0.4, 0.5) is 0 Å². The van der Waals surface area contributed by atoms with Gasteiger partial charge in [-0.05, 0) is 36.5 Å². The Labute approximate surface area is 110 Å². The van der Waals surface area contributed by atoms with Crippen LogP contribution in [-0.2, 0) is 6.42 Å². The van der Waals surface area contributed by atoms with Gasteiger partial charge in [0.25, 0.3) is 5.91 Å². The van der Waals surface area contributed by atoms with Crippen molar-refractivity contribution in [3.63, 3.8) is 0 Å². The molecule has 3 rings (SSSR count). The van der Waals surface area contributed by atoms with Crippen LogP contribution >= 0.6 is 0 Å². The first kappa shape index (κ1) is 11.8. The SMILES string of the molecule is O=C(N[C@@H]1CCCc2c(O)cccc21)c1ccon1. The lowest BCUT2D eigenvalue weighted by Gasteiger charge is -2.26. The van der Waals surface area contributed by atoms with Crippen LogP contribution in [0.15, 0.2) is 35.1 Å². The van der Waals surface area contributed by atoms with Crippen LogP contribution in [0.3, 0.4) is 0 Å². The number of rotatable bonds is 2. The minimum absolute atomic E-state index is 0.0833. The van der Waals surface area contributed by atoms with E-state index in [1.54, 1.807) is 12.1 Å². The third-order valence-electron chi connectivity index (χ3n) is 3.46. The molecule has 0 radical (unpaired) electrons. The first-order valence-electron chi connectivity index (χ1n) is 6.27. The number of nitrogens with zero attached hydrogens (tertiary/aromatic N) is 1. The zero-order valence-electron chi connectivity index (χ0n) is 10.3. The van der Waals surface area contributed by atoms with Gasteiger partial charge in [0.15, 0.2) is 5.69 Å². The summed E-state index contributed by atoms with van der Waals surface area (Å²) in [7, 11) is 0. The summed E-state index contributed by atoms with van der Waals surface area (Å²) in [6.45, 7) is 0. The van der Waals surface area contributed by atoms with Crippen LogP contribution in [0, 0.1) is 0 Å². The number of hydrogen-bond acceptors (Lipinski definition) is 4. The van der Waals surface area contributed by atoms with Crippen molar-refractivity contribution in [1.82, 2.24) is 10.5 Å². The van der Waals surface area contributed by atoms with Crippen molar-refractivity contribution in [1.29, 1.82) is 0 Å². The number of benzene rings is 1. The summed E-state index contributed by atoms with van der Waals surface area (Å²) >= 11 is 0. The second-order valence-electron chi connectivity index (χ2n) is 4.65. The smallest absolute Gasteiger partial charge is 0.273 e. The Morgan fingerprint density at radius 1 is 1.42 bits per heavy atom. The van der Waals surface area contributed by atoms with Crippen molar-refractivity contribution in [2.24, 2.45) is 0 Å². The summed E-state index contributed by atoms with van der Waals surface area (Å²) in [4.78, 5) is 12.0. The molecule has 5 nitrogen and oxygen atoms in total. The quantitative estimate of drug-likeness (QED) is 0.865. The molecule has 98 valence electrons. The minimum atomic E-state index is -0.255. The number of amides is 1. The maximum atomic E-state index is 12.0. The molecule has 0 fully saturated rings.